The first-order valence-electron chi connectivity index (χ1n) is 5.66. The number of carbonyl (C=O) groups is 1. The van der Waals surface area contributed by atoms with Crippen LogP contribution in [0.4, 0.5) is 5.69 Å². The molecule has 2 rings (SSSR count). The molecule has 0 atom stereocenters. The van der Waals surface area contributed by atoms with Gasteiger partial charge in [0.2, 0.25) is 0 Å². The van der Waals surface area contributed by atoms with Crippen molar-refractivity contribution in [1.82, 2.24) is 9.78 Å². The molecule has 0 unspecified atom stereocenters. The molecule has 0 saturated carbocycles. The molecule has 1 heterocycles. The monoisotopic (exact) mass is 279 g/mol. The summed E-state index contributed by atoms with van der Waals surface area (Å²) >= 11 is 6.02. The third-order valence-corrected chi connectivity index (χ3v) is 3.19. The highest BCUT2D eigenvalue weighted by molar-refractivity contribution is 6.31. The van der Waals surface area contributed by atoms with Crippen molar-refractivity contribution in [3.63, 3.8) is 0 Å². The summed E-state index contributed by atoms with van der Waals surface area (Å²) in [5.74, 6) is 0.270. The lowest BCUT2D eigenvalue weighted by Crippen LogP contribution is -2.16. The van der Waals surface area contributed by atoms with E-state index in [2.05, 4.69) is 10.4 Å². The van der Waals surface area contributed by atoms with Gasteiger partial charge in [-0.2, -0.15) is 5.10 Å². The Morgan fingerprint density at radius 1 is 1.47 bits per heavy atom. The third-order valence-electron chi connectivity index (χ3n) is 2.78. The molecule has 0 saturated heterocycles. The van der Waals surface area contributed by atoms with Crippen LogP contribution in [-0.2, 0) is 7.05 Å². The Labute approximate surface area is 116 Å². The highest BCUT2D eigenvalue weighted by Crippen LogP contribution is 2.31. The van der Waals surface area contributed by atoms with Crippen LogP contribution in [0.3, 0.4) is 0 Å². The van der Waals surface area contributed by atoms with E-state index in [0.717, 1.165) is 5.56 Å². The predicted octanol–water partition coefficient (Wildman–Crippen LogP) is 2.64. The fraction of sp³-hybridized carbons (Fsp3) is 0.231. The van der Waals surface area contributed by atoms with E-state index in [9.17, 15) is 4.79 Å². The first kappa shape index (κ1) is 13.4. The number of methoxy groups -OCH3 is 1. The molecular weight excluding hydrogens is 266 g/mol. The van der Waals surface area contributed by atoms with E-state index in [1.165, 1.54) is 11.8 Å². The van der Waals surface area contributed by atoms with Crippen LogP contribution < -0.4 is 10.1 Å². The predicted molar refractivity (Wildman–Crippen MR) is 73.9 cm³/mol. The van der Waals surface area contributed by atoms with Gasteiger partial charge in [0.1, 0.15) is 11.4 Å². The summed E-state index contributed by atoms with van der Waals surface area (Å²) in [5.41, 5.74) is 1.91. The highest BCUT2D eigenvalue weighted by atomic mass is 35.5. The van der Waals surface area contributed by atoms with Crippen LogP contribution in [0.2, 0.25) is 5.02 Å². The van der Waals surface area contributed by atoms with Gasteiger partial charge in [0, 0.05) is 24.3 Å². The number of anilines is 1. The Morgan fingerprint density at radius 3 is 2.79 bits per heavy atom. The second-order valence-electron chi connectivity index (χ2n) is 4.10. The molecule has 1 N–H and O–H groups in total. The molecule has 1 aromatic heterocycles. The summed E-state index contributed by atoms with van der Waals surface area (Å²) in [6.07, 6.45) is 1.57. The van der Waals surface area contributed by atoms with Crippen LogP contribution in [0.15, 0.2) is 24.4 Å². The average Bonchev–Trinajstić information content (AvgIpc) is 2.79. The Kier molecular flexibility index (Phi) is 3.76. The van der Waals surface area contributed by atoms with Crippen molar-refractivity contribution in [2.45, 2.75) is 6.92 Å². The standard InChI is InChI=1S/C13H14ClN3O2/c1-8-6-10(12(19-3)7-9(8)14)16-13(18)11-4-5-15-17(11)2/h4-7H,1-3H3,(H,16,18). The zero-order chi connectivity index (χ0) is 14.0. The summed E-state index contributed by atoms with van der Waals surface area (Å²) in [6.45, 7) is 1.86. The summed E-state index contributed by atoms with van der Waals surface area (Å²) in [6, 6.07) is 5.09. The second kappa shape index (κ2) is 5.32. The van der Waals surface area contributed by atoms with Gasteiger partial charge in [0.15, 0.2) is 0 Å². The molecule has 0 aliphatic rings. The number of carbonyl (C=O) groups excluding carboxylic acids is 1. The van der Waals surface area contributed by atoms with E-state index in [-0.39, 0.29) is 5.91 Å². The maximum absolute atomic E-state index is 12.1. The molecule has 19 heavy (non-hydrogen) atoms. The number of halogens is 1. The highest BCUT2D eigenvalue weighted by Gasteiger charge is 2.14. The lowest BCUT2D eigenvalue weighted by atomic mass is 10.2. The van der Waals surface area contributed by atoms with Gasteiger partial charge in [0.05, 0.1) is 12.8 Å². The molecule has 0 aliphatic carbocycles. The largest absolute Gasteiger partial charge is 0.495 e. The van der Waals surface area contributed by atoms with Crippen LogP contribution in [0.1, 0.15) is 16.1 Å². The lowest BCUT2D eigenvalue weighted by molar-refractivity contribution is 0.101. The molecular formula is C13H14ClN3O2. The van der Waals surface area contributed by atoms with E-state index < -0.39 is 0 Å². The minimum Gasteiger partial charge on any atom is -0.495 e. The third kappa shape index (κ3) is 2.71. The number of nitrogens with zero attached hydrogens (tertiary/aromatic N) is 2. The smallest absolute Gasteiger partial charge is 0.274 e. The molecule has 5 nitrogen and oxygen atoms in total. The van der Waals surface area contributed by atoms with Gasteiger partial charge in [-0.3, -0.25) is 9.48 Å². The summed E-state index contributed by atoms with van der Waals surface area (Å²) in [5, 5.41) is 7.34. The van der Waals surface area contributed by atoms with Crippen LogP contribution in [0.25, 0.3) is 0 Å². The van der Waals surface area contributed by atoms with Crippen molar-refractivity contribution in [2.75, 3.05) is 12.4 Å². The Morgan fingerprint density at radius 2 is 2.21 bits per heavy atom. The Bertz CT molecular complexity index is 622. The van der Waals surface area contributed by atoms with E-state index in [1.54, 1.807) is 31.4 Å². The Hall–Kier alpha value is -2.01. The number of hydrogen-bond donors (Lipinski definition) is 1. The molecule has 100 valence electrons. The number of aryl methyl sites for hydroxylation is 2. The number of benzene rings is 1. The van der Waals surface area contributed by atoms with Gasteiger partial charge >= 0.3 is 0 Å². The van der Waals surface area contributed by atoms with Crippen molar-refractivity contribution in [3.05, 3.63) is 40.7 Å². The average molecular weight is 280 g/mol. The van der Waals surface area contributed by atoms with E-state index in [4.69, 9.17) is 16.3 Å². The number of aromatic nitrogens is 2. The maximum atomic E-state index is 12.1. The van der Waals surface area contributed by atoms with Gasteiger partial charge in [-0.25, -0.2) is 0 Å². The molecule has 0 radical (unpaired) electrons. The molecule has 0 spiro atoms. The van der Waals surface area contributed by atoms with Gasteiger partial charge in [-0.15, -0.1) is 0 Å². The fourth-order valence-corrected chi connectivity index (χ4v) is 1.87. The van der Waals surface area contributed by atoms with Crippen molar-refractivity contribution < 1.29 is 9.53 Å². The number of ether oxygens (including phenoxy) is 1. The summed E-state index contributed by atoms with van der Waals surface area (Å²) < 4.78 is 6.71. The van der Waals surface area contributed by atoms with Crippen LogP contribution >= 0.6 is 11.6 Å². The zero-order valence-corrected chi connectivity index (χ0v) is 11.7. The normalized spacial score (nSPS) is 10.3. The molecule has 6 heteroatoms. The fourth-order valence-electron chi connectivity index (χ4n) is 1.71. The van der Waals surface area contributed by atoms with Crippen LogP contribution in [-0.4, -0.2) is 22.8 Å². The molecule has 0 bridgehead atoms. The van der Waals surface area contributed by atoms with Crippen LogP contribution in [0, 0.1) is 6.92 Å². The van der Waals surface area contributed by atoms with Crippen LogP contribution in [0.5, 0.6) is 5.75 Å². The second-order valence-corrected chi connectivity index (χ2v) is 4.50. The first-order valence-corrected chi connectivity index (χ1v) is 6.04. The van der Waals surface area contributed by atoms with E-state index in [0.29, 0.717) is 22.2 Å². The molecule has 0 fully saturated rings. The van der Waals surface area contributed by atoms with Gasteiger partial charge in [-0.1, -0.05) is 11.6 Å². The summed E-state index contributed by atoms with van der Waals surface area (Å²) in [7, 11) is 3.24. The number of nitrogens with one attached hydrogen (secondary N) is 1. The van der Waals surface area contributed by atoms with Crippen molar-refractivity contribution in [1.29, 1.82) is 0 Å². The van der Waals surface area contributed by atoms with Gasteiger partial charge in [0.25, 0.3) is 5.91 Å². The zero-order valence-electron chi connectivity index (χ0n) is 10.9. The van der Waals surface area contributed by atoms with Gasteiger partial charge in [-0.05, 0) is 24.6 Å². The minimum atomic E-state index is -0.250. The quantitative estimate of drug-likeness (QED) is 0.940. The lowest BCUT2D eigenvalue weighted by Gasteiger charge is -2.12. The molecule has 1 amide bonds. The molecule has 1 aromatic carbocycles. The topological polar surface area (TPSA) is 56.1 Å². The summed E-state index contributed by atoms with van der Waals surface area (Å²) in [4.78, 5) is 12.1. The Balaban J connectivity index is 2.31. The number of hydrogen-bond acceptors (Lipinski definition) is 3. The van der Waals surface area contributed by atoms with E-state index >= 15 is 0 Å². The number of amides is 1. The molecule has 2 aromatic rings. The van der Waals surface area contributed by atoms with Gasteiger partial charge < -0.3 is 10.1 Å². The van der Waals surface area contributed by atoms with E-state index in [1.807, 2.05) is 6.92 Å². The molecule has 0 aliphatic heterocycles. The van der Waals surface area contributed by atoms with Crippen molar-refractivity contribution >= 4 is 23.2 Å². The van der Waals surface area contributed by atoms with Crippen molar-refractivity contribution in [2.24, 2.45) is 7.05 Å². The van der Waals surface area contributed by atoms with Crippen molar-refractivity contribution in [3.8, 4) is 5.75 Å². The maximum Gasteiger partial charge on any atom is 0.274 e. The SMILES string of the molecule is COc1cc(Cl)c(C)cc1NC(=O)c1ccnn1C. The minimum absolute atomic E-state index is 0.250. The number of rotatable bonds is 3. The first-order chi connectivity index (χ1) is 9.02.